The Kier molecular flexibility index (Phi) is 4.03. The van der Waals surface area contributed by atoms with Crippen LogP contribution >= 0.6 is 0 Å². The highest BCUT2D eigenvalue weighted by molar-refractivity contribution is 5.99. The lowest BCUT2D eigenvalue weighted by Gasteiger charge is -2.44. The van der Waals surface area contributed by atoms with Gasteiger partial charge in [0.05, 0.1) is 0 Å². The Bertz CT molecular complexity index is 566. The molecular weight excluding hydrogens is 266 g/mol. The minimum absolute atomic E-state index is 0.0444. The number of carbonyl (C=O) groups is 2. The molecule has 0 aromatic carbocycles. The lowest BCUT2D eigenvalue weighted by atomic mass is 9.91. The molecule has 1 fully saturated rings. The molecule has 21 heavy (non-hydrogen) atoms. The third-order valence-electron chi connectivity index (χ3n) is 3.94. The topological polar surface area (TPSA) is 62.3 Å². The van der Waals surface area contributed by atoms with E-state index < -0.39 is 11.6 Å². The third kappa shape index (κ3) is 2.91. The summed E-state index contributed by atoms with van der Waals surface area (Å²) in [6, 6.07) is 1.47. The number of nitrogens with zero attached hydrogens (tertiary/aromatic N) is 2. The summed E-state index contributed by atoms with van der Waals surface area (Å²) in [5, 5.41) is 2.82. The van der Waals surface area contributed by atoms with Gasteiger partial charge in [-0.25, -0.2) is 0 Å². The summed E-state index contributed by atoms with van der Waals surface area (Å²) in [5.74, 6) is -0.0643. The Labute approximate surface area is 125 Å². The molecule has 1 unspecified atom stereocenters. The smallest absolute Gasteiger partial charge is 0.248 e. The van der Waals surface area contributed by atoms with Crippen molar-refractivity contribution in [2.75, 3.05) is 0 Å². The molecule has 1 aromatic rings. The first-order chi connectivity index (χ1) is 9.74. The van der Waals surface area contributed by atoms with E-state index in [1.165, 1.54) is 0 Å². The minimum Gasteiger partial charge on any atom is -0.340 e. The predicted molar refractivity (Wildman–Crippen MR) is 80.4 cm³/mol. The first-order valence-electron chi connectivity index (χ1n) is 7.26. The maximum absolute atomic E-state index is 12.7. The number of rotatable bonds is 3. The highest BCUT2D eigenvalue weighted by Crippen LogP contribution is 2.25. The fourth-order valence-electron chi connectivity index (χ4n) is 2.76. The van der Waals surface area contributed by atoms with E-state index in [9.17, 15) is 9.59 Å². The molecule has 1 aromatic heterocycles. The van der Waals surface area contributed by atoms with E-state index in [-0.39, 0.29) is 17.7 Å². The van der Waals surface area contributed by atoms with E-state index in [0.717, 1.165) is 11.1 Å². The molecule has 1 N–H and O–H groups in total. The van der Waals surface area contributed by atoms with Crippen LogP contribution in [0.3, 0.4) is 0 Å². The van der Waals surface area contributed by atoms with Crippen molar-refractivity contribution in [1.82, 2.24) is 15.2 Å². The summed E-state index contributed by atoms with van der Waals surface area (Å²) in [6.45, 7) is 9.82. The zero-order chi connectivity index (χ0) is 15.8. The molecule has 5 nitrogen and oxygen atoms in total. The van der Waals surface area contributed by atoms with E-state index in [0.29, 0.717) is 6.54 Å². The Morgan fingerprint density at radius 2 is 2.05 bits per heavy atom. The van der Waals surface area contributed by atoms with E-state index in [1.807, 2.05) is 26.8 Å². The van der Waals surface area contributed by atoms with Crippen molar-refractivity contribution < 1.29 is 9.59 Å². The van der Waals surface area contributed by atoms with Crippen molar-refractivity contribution in [3.63, 3.8) is 0 Å². The molecule has 5 heteroatoms. The predicted octanol–water partition coefficient (Wildman–Crippen LogP) is 1.65. The number of hydrogen-bond acceptors (Lipinski definition) is 3. The van der Waals surface area contributed by atoms with Crippen LogP contribution in [0.2, 0.25) is 0 Å². The van der Waals surface area contributed by atoms with Gasteiger partial charge in [-0.1, -0.05) is 13.8 Å². The zero-order valence-corrected chi connectivity index (χ0v) is 13.3. The molecule has 2 heterocycles. The average molecular weight is 289 g/mol. The van der Waals surface area contributed by atoms with Gasteiger partial charge in [-0.15, -0.1) is 0 Å². The second kappa shape index (κ2) is 5.47. The number of aryl methyl sites for hydroxylation is 1. The van der Waals surface area contributed by atoms with Gasteiger partial charge in [0.15, 0.2) is 0 Å². The van der Waals surface area contributed by atoms with Crippen LogP contribution < -0.4 is 5.32 Å². The molecule has 2 amide bonds. The quantitative estimate of drug-likeness (QED) is 0.920. The Balaban J connectivity index is 2.37. The largest absolute Gasteiger partial charge is 0.340 e. The highest BCUT2D eigenvalue weighted by atomic mass is 16.2. The molecule has 1 aliphatic rings. The molecule has 0 saturated carbocycles. The summed E-state index contributed by atoms with van der Waals surface area (Å²) in [4.78, 5) is 30.9. The summed E-state index contributed by atoms with van der Waals surface area (Å²) in [7, 11) is 0. The number of nitrogens with one attached hydrogen (secondary N) is 1. The van der Waals surface area contributed by atoms with Crippen LogP contribution in [0.5, 0.6) is 0 Å². The van der Waals surface area contributed by atoms with E-state index in [4.69, 9.17) is 0 Å². The zero-order valence-electron chi connectivity index (χ0n) is 13.3. The second-order valence-corrected chi connectivity index (χ2v) is 6.54. The van der Waals surface area contributed by atoms with Crippen LogP contribution in [0.1, 0.15) is 38.8 Å². The summed E-state index contributed by atoms with van der Waals surface area (Å²) >= 11 is 0. The number of piperazine rings is 1. The summed E-state index contributed by atoms with van der Waals surface area (Å²) in [5.41, 5.74) is 1.19. The number of pyridine rings is 1. The van der Waals surface area contributed by atoms with Gasteiger partial charge in [0.1, 0.15) is 11.6 Å². The molecule has 0 radical (unpaired) electrons. The number of amides is 2. The first kappa shape index (κ1) is 15.5. The first-order valence-corrected chi connectivity index (χ1v) is 7.26. The van der Waals surface area contributed by atoms with E-state index in [2.05, 4.69) is 10.3 Å². The summed E-state index contributed by atoms with van der Waals surface area (Å²) < 4.78 is 0. The lowest BCUT2D eigenvalue weighted by molar-refractivity contribution is -0.156. The molecule has 0 bridgehead atoms. The Hall–Kier alpha value is -1.91. The van der Waals surface area contributed by atoms with Crippen LogP contribution in [0.25, 0.3) is 0 Å². The second-order valence-electron chi connectivity index (χ2n) is 6.54. The molecule has 114 valence electrons. The summed E-state index contributed by atoms with van der Waals surface area (Å²) in [6.07, 6.45) is 3.49. The van der Waals surface area contributed by atoms with Crippen LogP contribution in [0, 0.1) is 12.8 Å². The van der Waals surface area contributed by atoms with Gasteiger partial charge in [-0.2, -0.15) is 0 Å². The van der Waals surface area contributed by atoms with Crippen molar-refractivity contribution in [3.05, 3.63) is 29.6 Å². The molecular formula is C16H23N3O2. The fraction of sp³-hybridized carbons (Fsp3) is 0.562. The van der Waals surface area contributed by atoms with Crippen LogP contribution in [0.4, 0.5) is 0 Å². The molecule has 1 aliphatic heterocycles. The molecule has 0 spiro atoms. The number of carbonyl (C=O) groups excluding carboxylic acids is 2. The average Bonchev–Trinajstić information content (AvgIpc) is 2.37. The lowest BCUT2D eigenvalue weighted by Crippen LogP contribution is -2.68. The van der Waals surface area contributed by atoms with E-state index >= 15 is 0 Å². The van der Waals surface area contributed by atoms with E-state index in [1.54, 1.807) is 31.1 Å². The maximum Gasteiger partial charge on any atom is 0.248 e. The van der Waals surface area contributed by atoms with Gasteiger partial charge in [0.2, 0.25) is 11.8 Å². The third-order valence-corrected chi connectivity index (χ3v) is 3.94. The monoisotopic (exact) mass is 289 g/mol. The Morgan fingerprint density at radius 3 is 2.62 bits per heavy atom. The highest BCUT2D eigenvalue weighted by Gasteiger charge is 2.46. The Morgan fingerprint density at radius 1 is 1.38 bits per heavy atom. The van der Waals surface area contributed by atoms with Crippen LogP contribution in [-0.4, -0.2) is 33.3 Å². The normalized spacial score (nSPS) is 21.6. The van der Waals surface area contributed by atoms with Crippen molar-refractivity contribution >= 4 is 11.8 Å². The van der Waals surface area contributed by atoms with Crippen molar-refractivity contribution in [2.45, 2.75) is 52.7 Å². The van der Waals surface area contributed by atoms with Gasteiger partial charge in [-0.05, 0) is 43.9 Å². The van der Waals surface area contributed by atoms with Crippen molar-refractivity contribution in [3.8, 4) is 0 Å². The fourth-order valence-corrected chi connectivity index (χ4v) is 2.76. The molecule has 0 aliphatic carbocycles. The van der Waals surface area contributed by atoms with Gasteiger partial charge >= 0.3 is 0 Å². The number of hydrogen-bond donors (Lipinski definition) is 1. The molecule has 1 atom stereocenters. The maximum atomic E-state index is 12.7. The van der Waals surface area contributed by atoms with Gasteiger partial charge < -0.3 is 10.2 Å². The minimum atomic E-state index is -0.858. The van der Waals surface area contributed by atoms with Crippen molar-refractivity contribution in [2.24, 2.45) is 5.92 Å². The van der Waals surface area contributed by atoms with Gasteiger partial charge in [0, 0.05) is 18.9 Å². The molecule has 1 saturated heterocycles. The standard InChI is InChI=1S/C16H23N3O2/c1-10(2)13-14(20)18-16(4,5)15(21)19(13)9-12-6-7-17-8-11(12)3/h6-8,10,13H,9H2,1-5H3,(H,18,20). The number of aromatic nitrogens is 1. The van der Waals surface area contributed by atoms with Crippen molar-refractivity contribution in [1.29, 1.82) is 0 Å². The van der Waals surface area contributed by atoms with Crippen LogP contribution in [0.15, 0.2) is 18.5 Å². The SMILES string of the molecule is Cc1cnccc1CN1C(=O)C(C)(C)NC(=O)C1C(C)C. The molecule has 2 rings (SSSR count). The van der Waals surface area contributed by atoms with Crippen LogP contribution in [-0.2, 0) is 16.1 Å². The van der Waals surface area contributed by atoms with Gasteiger partial charge in [-0.3, -0.25) is 14.6 Å². The van der Waals surface area contributed by atoms with Gasteiger partial charge in [0.25, 0.3) is 0 Å².